The molecule has 2 rings (SSSR count). The second kappa shape index (κ2) is 6.56. The summed E-state index contributed by atoms with van der Waals surface area (Å²) in [7, 11) is 3.17. The Kier molecular flexibility index (Phi) is 4.79. The van der Waals surface area contributed by atoms with Gasteiger partial charge >= 0.3 is 5.97 Å². The molecule has 1 aliphatic heterocycles. The lowest BCUT2D eigenvalue weighted by molar-refractivity contribution is -0.138. The molecule has 0 radical (unpaired) electrons. The number of carboxylic acids is 1. The number of carbonyl (C=O) groups is 1. The molecular formula is C14H20N2O4. The first-order valence-corrected chi connectivity index (χ1v) is 6.67. The number of hydrogen-bond acceptors (Lipinski definition) is 5. The Bertz CT molecular complexity index is 478. The summed E-state index contributed by atoms with van der Waals surface area (Å²) < 4.78 is 10.6. The van der Waals surface area contributed by atoms with Crippen LogP contribution in [-0.4, -0.2) is 47.8 Å². The molecule has 20 heavy (non-hydrogen) atoms. The van der Waals surface area contributed by atoms with Crippen LogP contribution in [0.2, 0.25) is 0 Å². The fourth-order valence-electron chi connectivity index (χ4n) is 2.69. The Labute approximate surface area is 118 Å². The van der Waals surface area contributed by atoms with E-state index in [1.54, 1.807) is 26.5 Å². The van der Waals surface area contributed by atoms with E-state index in [9.17, 15) is 4.79 Å². The second-order valence-electron chi connectivity index (χ2n) is 4.86. The first-order chi connectivity index (χ1) is 9.65. The maximum absolute atomic E-state index is 10.9. The summed E-state index contributed by atoms with van der Waals surface area (Å²) >= 11 is 0. The van der Waals surface area contributed by atoms with Gasteiger partial charge in [-0.3, -0.25) is 14.7 Å². The van der Waals surface area contributed by atoms with Crippen molar-refractivity contribution >= 4 is 5.97 Å². The minimum absolute atomic E-state index is 0.0743. The Morgan fingerprint density at radius 3 is 2.95 bits per heavy atom. The lowest BCUT2D eigenvalue weighted by Crippen LogP contribution is -2.31. The number of nitrogens with zero attached hydrogens (tertiary/aromatic N) is 2. The smallest absolute Gasteiger partial charge is 0.304 e. The van der Waals surface area contributed by atoms with Crippen molar-refractivity contribution in [1.29, 1.82) is 0 Å². The van der Waals surface area contributed by atoms with Crippen molar-refractivity contribution < 1.29 is 19.4 Å². The largest absolute Gasteiger partial charge is 0.493 e. The summed E-state index contributed by atoms with van der Waals surface area (Å²) in [5, 5.41) is 8.95. The van der Waals surface area contributed by atoms with Crippen LogP contribution in [0.1, 0.15) is 25.0 Å². The summed E-state index contributed by atoms with van der Waals surface area (Å²) in [6.07, 6.45) is 3.79. The summed E-state index contributed by atoms with van der Waals surface area (Å²) in [6, 6.07) is 1.83. The van der Waals surface area contributed by atoms with Crippen molar-refractivity contribution in [3.05, 3.63) is 18.0 Å². The molecule has 110 valence electrons. The molecular weight excluding hydrogens is 260 g/mol. The van der Waals surface area contributed by atoms with E-state index in [1.807, 2.05) is 0 Å². The zero-order valence-electron chi connectivity index (χ0n) is 11.8. The van der Waals surface area contributed by atoms with Gasteiger partial charge in [0.2, 0.25) is 0 Å². The van der Waals surface area contributed by atoms with Crippen molar-refractivity contribution in [1.82, 2.24) is 9.88 Å². The highest BCUT2D eigenvalue weighted by Crippen LogP contribution is 2.31. The minimum atomic E-state index is -0.757. The number of rotatable bonds is 6. The SMILES string of the molecule is COc1ccnc(CN2CCCC2CC(=O)O)c1OC. The molecule has 0 bridgehead atoms. The third-order valence-corrected chi connectivity index (χ3v) is 3.63. The fraction of sp³-hybridized carbons (Fsp3) is 0.571. The first-order valence-electron chi connectivity index (χ1n) is 6.67. The van der Waals surface area contributed by atoms with E-state index >= 15 is 0 Å². The molecule has 0 amide bonds. The predicted molar refractivity (Wildman–Crippen MR) is 73.0 cm³/mol. The van der Waals surface area contributed by atoms with Gasteiger partial charge in [0, 0.05) is 24.8 Å². The Morgan fingerprint density at radius 1 is 1.50 bits per heavy atom. The van der Waals surface area contributed by atoms with Gasteiger partial charge in [-0.15, -0.1) is 0 Å². The normalized spacial score (nSPS) is 19.0. The van der Waals surface area contributed by atoms with Gasteiger partial charge in [-0.05, 0) is 19.4 Å². The number of ether oxygens (including phenoxy) is 2. The highest BCUT2D eigenvalue weighted by atomic mass is 16.5. The summed E-state index contributed by atoms with van der Waals surface area (Å²) in [6.45, 7) is 1.47. The summed E-state index contributed by atoms with van der Waals surface area (Å²) in [4.78, 5) is 17.4. The topological polar surface area (TPSA) is 71.9 Å². The van der Waals surface area contributed by atoms with E-state index in [4.69, 9.17) is 14.6 Å². The first kappa shape index (κ1) is 14.6. The van der Waals surface area contributed by atoms with Crippen LogP contribution in [0, 0.1) is 0 Å². The van der Waals surface area contributed by atoms with Crippen molar-refractivity contribution in [2.24, 2.45) is 0 Å². The molecule has 1 aliphatic rings. The van der Waals surface area contributed by atoms with Gasteiger partial charge in [0.1, 0.15) is 5.69 Å². The van der Waals surface area contributed by atoms with Crippen LogP contribution in [0.15, 0.2) is 12.3 Å². The zero-order valence-corrected chi connectivity index (χ0v) is 11.8. The van der Waals surface area contributed by atoms with Gasteiger partial charge in [0.05, 0.1) is 20.6 Å². The van der Waals surface area contributed by atoms with Crippen LogP contribution in [0.5, 0.6) is 11.5 Å². The standard InChI is InChI=1S/C14H20N2O4/c1-19-12-5-6-15-11(14(12)20-2)9-16-7-3-4-10(16)8-13(17)18/h5-6,10H,3-4,7-9H2,1-2H3,(H,17,18). The van der Waals surface area contributed by atoms with Crippen LogP contribution in [0.4, 0.5) is 0 Å². The second-order valence-corrected chi connectivity index (χ2v) is 4.86. The van der Waals surface area contributed by atoms with E-state index < -0.39 is 5.97 Å². The molecule has 1 atom stereocenters. The number of aromatic nitrogens is 1. The third-order valence-electron chi connectivity index (χ3n) is 3.63. The Balaban J connectivity index is 2.14. The molecule has 2 heterocycles. The van der Waals surface area contributed by atoms with E-state index in [2.05, 4.69) is 9.88 Å². The zero-order chi connectivity index (χ0) is 14.5. The number of hydrogen-bond donors (Lipinski definition) is 1. The van der Waals surface area contributed by atoms with Gasteiger partial charge in [-0.25, -0.2) is 0 Å². The van der Waals surface area contributed by atoms with E-state index in [-0.39, 0.29) is 12.5 Å². The molecule has 0 spiro atoms. The lowest BCUT2D eigenvalue weighted by atomic mass is 10.1. The molecule has 6 heteroatoms. The van der Waals surface area contributed by atoms with Crippen LogP contribution in [0.3, 0.4) is 0 Å². The quantitative estimate of drug-likeness (QED) is 0.852. The van der Waals surface area contributed by atoms with Crippen LogP contribution < -0.4 is 9.47 Å². The molecule has 6 nitrogen and oxygen atoms in total. The third kappa shape index (κ3) is 3.19. The number of likely N-dealkylation sites (tertiary alicyclic amines) is 1. The molecule has 1 saturated heterocycles. The van der Waals surface area contributed by atoms with Gasteiger partial charge in [0.15, 0.2) is 11.5 Å². The highest BCUT2D eigenvalue weighted by molar-refractivity contribution is 5.67. The van der Waals surface area contributed by atoms with Crippen molar-refractivity contribution in [2.45, 2.75) is 31.8 Å². The van der Waals surface area contributed by atoms with Crippen molar-refractivity contribution in [3.63, 3.8) is 0 Å². The molecule has 1 aromatic rings. The maximum atomic E-state index is 10.9. The highest BCUT2D eigenvalue weighted by Gasteiger charge is 2.28. The molecule has 1 aromatic heterocycles. The van der Waals surface area contributed by atoms with Gasteiger partial charge in [-0.2, -0.15) is 0 Å². The molecule has 1 N–H and O–H groups in total. The van der Waals surface area contributed by atoms with E-state index in [0.717, 1.165) is 25.1 Å². The molecule has 1 unspecified atom stereocenters. The Hall–Kier alpha value is -1.82. The van der Waals surface area contributed by atoms with E-state index in [1.165, 1.54) is 0 Å². The number of pyridine rings is 1. The minimum Gasteiger partial charge on any atom is -0.493 e. The van der Waals surface area contributed by atoms with Crippen LogP contribution >= 0.6 is 0 Å². The molecule has 0 saturated carbocycles. The van der Waals surface area contributed by atoms with Gasteiger partial charge in [0.25, 0.3) is 0 Å². The predicted octanol–water partition coefficient (Wildman–Crippen LogP) is 1.54. The average molecular weight is 280 g/mol. The molecule has 0 aromatic carbocycles. The average Bonchev–Trinajstić information content (AvgIpc) is 2.85. The van der Waals surface area contributed by atoms with E-state index in [0.29, 0.717) is 18.0 Å². The Morgan fingerprint density at radius 2 is 2.30 bits per heavy atom. The molecule has 0 aliphatic carbocycles. The van der Waals surface area contributed by atoms with Gasteiger partial charge < -0.3 is 14.6 Å². The number of aliphatic carboxylic acids is 1. The van der Waals surface area contributed by atoms with Crippen LogP contribution in [0.25, 0.3) is 0 Å². The lowest BCUT2D eigenvalue weighted by Gasteiger charge is -2.23. The maximum Gasteiger partial charge on any atom is 0.304 e. The van der Waals surface area contributed by atoms with Crippen molar-refractivity contribution in [2.75, 3.05) is 20.8 Å². The monoisotopic (exact) mass is 280 g/mol. The molecule has 1 fully saturated rings. The number of methoxy groups -OCH3 is 2. The summed E-state index contributed by atoms with van der Waals surface area (Å²) in [5.41, 5.74) is 0.782. The van der Waals surface area contributed by atoms with Crippen molar-refractivity contribution in [3.8, 4) is 11.5 Å². The van der Waals surface area contributed by atoms with Gasteiger partial charge in [-0.1, -0.05) is 0 Å². The number of carboxylic acid groups (broad SMARTS) is 1. The van der Waals surface area contributed by atoms with Crippen LogP contribution in [-0.2, 0) is 11.3 Å². The fourth-order valence-corrected chi connectivity index (χ4v) is 2.69. The summed E-state index contributed by atoms with van der Waals surface area (Å²) in [5.74, 6) is 0.509.